The molecule has 1 aromatic heterocycles. The Bertz CT molecular complexity index is 387. The van der Waals surface area contributed by atoms with E-state index in [1.165, 1.54) is 6.07 Å². The van der Waals surface area contributed by atoms with Gasteiger partial charge in [0.25, 0.3) is 6.43 Å². The Hall–Kier alpha value is -1.61. The molecule has 0 saturated carbocycles. The zero-order valence-corrected chi connectivity index (χ0v) is 6.84. The molecule has 0 atom stereocenters. The molecule has 1 heterocycles. The summed E-state index contributed by atoms with van der Waals surface area (Å²) in [5.41, 5.74) is -1.85. The molecule has 74 valence electrons. The van der Waals surface area contributed by atoms with Crippen molar-refractivity contribution in [3.05, 3.63) is 28.8 Å². The van der Waals surface area contributed by atoms with Gasteiger partial charge in [0, 0.05) is 0 Å². The van der Waals surface area contributed by atoms with Gasteiger partial charge in [0.2, 0.25) is 0 Å². The molecule has 0 aliphatic rings. The number of aromatic nitrogens is 1. The molecular formula is C8H5F3N2O. The molecule has 1 rings (SSSR count). The Kier molecular flexibility index (Phi) is 3.04. The van der Waals surface area contributed by atoms with Crippen LogP contribution in [0.3, 0.4) is 0 Å². The van der Waals surface area contributed by atoms with Crippen molar-refractivity contribution in [2.75, 3.05) is 0 Å². The van der Waals surface area contributed by atoms with E-state index in [-0.39, 0.29) is 5.69 Å². The van der Waals surface area contributed by atoms with Gasteiger partial charge in [-0.2, -0.15) is 5.26 Å². The smallest absolute Gasteiger partial charge is 0.268 e. The summed E-state index contributed by atoms with van der Waals surface area (Å²) in [6.45, 7) is -0.678. The number of rotatable bonds is 2. The van der Waals surface area contributed by atoms with E-state index in [2.05, 4.69) is 4.98 Å². The van der Waals surface area contributed by atoms with Gasteiger partial charge in [0.15, 0.2) is 5.82 Å². The quantitative estimate of drug-likeness (QED) is 0.790. The van der Waals surface area contributed by atoms with Crippen LogP contribution in [0.2, 0.25) is 0 Å². The Morgan fingerprint density at radius 1 is 1.57 bits per heavy atom. The highest BCUT2D eigenvalue weighted by Crippen LogP contribution is 2.26. The molecule has 0 fully saturated rings. The van der Waals surface area contributed by atoms with E-state index >= 15 is 0 Å². The van der Waals surface area contributed by atoms with Gasteiger partial charge in [0.05, 0.1) is 29.6 Å². The van der Waals surface area contributed by atoms with Crippen LogP contribution >= 0.6 is 0 Å². The number of pyridine rings is 1. The fourth-order valence-corrected chi connectivity index (χ4v) is 1.00. The van der Waals surface area contributed by atoms with Crippen molar-refractivity contribution in [3.8, 4) is 6.07 Å². The first-order chi connectivity index (χ1) is 6.61. The third-order valence-corrected chi connectivity index (χ3v) is 1.63. The predicted octanol–water partition coefficient (Wildman–Crippen LogP) is 1.52. The lowest BCUT2D eigenvalue weighted by Gasteiger charge is -2.06. The highest BCUT2D eigenvalue weighted by atomic mass is 19.3. The molecule has 0 aromatic carbocycles. The number of nitriles is 1. The summed E-state index contributed by atoms with van der Waals surface area (Å²) in [6, 6.07) is 1.39. The summed E-state index contributed by atoms with van der Waals surface area (Å²) in [6.07, 6.45) is -2.54. The molecule has 6 heteroatoms. The standard InChI is InChI=1S/C8H5F3N2O/c9-5-2-13-6(3-14)4(1-12)7(5)8(10)11/h2,8,14H,3H2. The second kappa shape index (κ2) is 4.07. The number of halogens is 3. The van der Waals surface area contributed by atoms with Gasteiger partial charge < -0.3 is 5.11 Å². The predicted molar refractivity (Wildman–Crippen MR) is 39.8 cm³/mol. The van der Waals surface area contributed by atoms with Crippen molar-refractivity contribution in [2.24, 2.45) is 0 Å². The molecule has 1 N–H and O–H groups in total. The summed E-state index contributed by atoms with van der Waals surface area (Å²) >= 11 is 0. The third kappa shape index (κ3) is 1.67. The van der Waals surface area contributed by atoms with E-state index in [1.54, 1.807) is 0 Å². The number of alkyl halides is 2. The van der Waals surface area contributed by atoms with Crippen LogP contribution in [0.15, 0.2) is 6.20 Å². The molecule has 0 radical (unpaired) electrons. The maximum absolute atomic E-state index is 12.8. The molecular weight excluding hydrogens is 197 g/mol. The van der Waals surface area contributed by atoms with Gasteiger partial charge in [0.1, 0.15) is 6.07 Å². The number of hydrogen-bond acceptors (Lipinski definition) is 3. The first kappa shape index (κ1) is 10.5. The van der Waals surface area contributed by atoms with Gasteiger partial charge in [-0.25, -0.2) is 13.2 Å². The van der Waals surface area contributed by atoms with E-state index in [1.807, 2.05) is 0 Å². The highest BCUT2D eigenvalue weighted by Gasteiger charge is 2.21. The van der Waals surface area contributed by atoms with Crippen LogP contribution in [-0.4, -0.2) is 10.1 Å². The average Bonchev–Trinajstić information content (AvgIpc) is 2.16. The molecule has 0 saturated heterocycles. The number of aliphatic hydroxyl groups excluding tert-OH is 1. The van der Waals surface area contributed by atoms with Crippen molar-refractivity contribution in [1.29, 1.82) is 5.26 Å². The first-order valence-electron chi connectivity index (χ1n) is 3.58. The minimum absolute atomic E-state index is 0.246. The summed E-state index contributed by atoms with van der Waals surface area (Å²) < 4.78 is 37.4. The van der Waals surface area contributed by atoms with Crippen LogP contribution in [0.1, 0.15) is 23.2 Å². The molecule has 1 aromatic rings. The summed E-state index contributed by atoms with van der Waals surface area (Å²) in [5, 5.41) is 17.2. The van der Waals surface area contributed by atoms with E-state index < -0.39 is 30.0 Å². The lowest BCUT2D eigenvalue weighted by atomic mass is 10.1. The minimum Gasteiger partial charge on any atom is -0.390 e. The van der Waals surface area contributed by atoms with Crippen LogP contribution in [0.5, 0.6) is 0 Å². The monoisotopic (exact) mass is 202 g/mol. The minimum atomic E-state index is -3.10. The van der Waals surface area contributed by atoms with Crippen LogP contribution in [0.25, 0.3) is 0 Å². The number of nitrogens with zero attached hydrogens (tertiary/aromatic N) is 2. The Labute approximate surface area is 77.4 Å². The molecule has 0 amide bonds. The SMILES string of the molecule is N#Cc1c(CO)ncc(F)c1C(F)F. The van der Waals surface area contributed by atoms with E-state index in [0.29, 0.717) is 6.20 Å². The topological polar surface area (TPSA) is 56.9 Å². The summed E-state index contributed by atoms with van der Waals surface area (Å²) in [5.74, 6) is -1.24. The van der Waals surface area contributed by atoms with Crippen molar-refractivity contribution >= 4 is 0 Å². The molecule has 0 unspecified atom stereocenters. The summed E-state index contributed by atoms with van der Waals surface area (Å²) in [7, 11) is 0. The second-order valence-corrected chi connectivity index (χ2v) is 2.41. The zero-order valence-electron chi connectivity index (χ0n) is 6.84. The van der Waals surface area contributed by atoms with Gasteiger partial charge in [-0.05, 0) is 0 Å². The van der Waals surface area contributed by atoms with Crippen molar-refractivity contribution in [3.63, 3.8) is 0 Å². The van der Waals surface area contributed by atoms with Crippen molar-refractivity contribution in [1.82, 2.24) is 4.98 Å². The van der Waals surface area contributed by atoms with E-state index in [9.17, 15) is 13.2 Å². The molecule has 0 spiro atoms. The molecule has 3 nitrogen and oxygen atoms in total. The number of aliphatic hydroxyl groups is 1. The van der Waals surface area contributed by atoms with Crippen molar-refractivity contribution in [2.45, 2.75) is 13.0 Å². The maximum Gasteiger partial charge on any atom is 0.268 e. The third-order valence-electron chi connectivity index (χ3n) is 1.63. The summed E-state index contributed by atoms with van der Waals surface area (Å²) in [4.78, 5) is 3.33. The Balaban J connectivity index is 3.45. The van der Waals surface area contributed by atoms with Crippen LogP contribution in [0, 0.1) is 17.1 Å². The van der Waals surface area contributed by atoms with Crippen LogP contribution < -0.4 is 0 Å². The zero-order chi connectivity index (χ0) is 10.7. The fraction of sp³-hybridized carbons (Fsp3) is 0.250. The normalized spacial score (nSPS) is 10.3. The second-order valence-electron chi connectivity index (χ2n) is 2.41. The Morgan fingerprint density at radius 2 is 2.21 bits per heavy atom. The Morgan fingerprint density at radius 3 is 2.64 bits per heavy atom. The molecule has 0 bridgehead atoms. The average molecular weight is 202 g/mol. The molecule has 0 aliphatic heterocycles. The van der Waals surface area contributed by atoms with Gasteiger partial charge in [-0.1, -0.05) is 0 Å². The lowest BCUT2D eigenvalue weighted by molar-refractivity contribution is 0.145. The lowest BCUT2D eigenvalue weighted by Crippen LogP contribution is -2.03. The van der Waals surface area contributed by atoms with E-state index in [0.717, 1.165) is 0 Å². The maximum atomic E-state index is 12.8. The van der Waals surface area contributed by atoms with Crippen molar-refractivity contribution < 1.29 is 18.3 Å². The van der Waals surface area contributed by atoms with Crippen LogP contribution in [-0.2, 0) is 6.61 Å². The van der Waals surface area contributed by atoms with Gasteiger partial charge >= 0.3 is 0 Å². The molecule has 14 heavy (non-hydrogen) atoms. The fourth-order valence-electron chi connectivity index (χ4n) is 1.00. The van der Waals surface area contributed by atoms with Crippen LogP contribution in [0.4, 0.5) is 13.2 Å². The van der Waals surface area contributed by atoms with E-state index in [4.69, 9.17) is 10.4 Å². The van der Waals surface area contributed by atoms with Gasteiger partial charge in [-0.15, -0.1) is 0 Å². The highest BCUT2D eigenvalue weighted by molar-refractivity contribution is 5.41. The number of hydrogen-bond donors (Lipinski definition) is 1. The first-order valence-corrected chi connectivity index (χ1v) is 3.58. The largest absolute Gasteiger partial charge is 0.390 e. The molecule has 0 aliphatic carbocycles. The van der Waals surface area contributed by atoms with Gasteiger partial charge in [-0.3, -0.25) is 4.98 Å².